The minimum Gasteiger partial charge on any atom is -0.384 e. The smallest absolute Gasteiger partial charge is 0.178 e. The molecule has 0 bridgehead atoms. The number of nitrogens with two attached hydrogens (primary N) is 1. The zero-order valence-corrected chi connectivity index (χ0v) is 10.6. The summed E-state index contributed by atoms with van der Waals surface area (Å²) < 4.78 is 1.62. The van der Waals surface area contributed by atoms with Crippen LogP contribution in [0.15, 0.2) is 18.2 Å². The van der Waals surface area contributed by atoms with Crippen LogP contribution in [-0.4, -0.2) is 20.0 Å². The molecule has 0 aliphatic heterocycles. The van der Waals surface area contributed by atoms with Gasteiger partial charge < -0.3 is 5.73 Å². The molecule has 0 amide bonds. The Morgan fingerprint density at radius 2 is 1.88 bits per heavy atom. The Morgan fingerprint density at radius 3 is 2.35 bits per heavy atom. The average molecular weight is 231 g/mol. The second-order valence-corrected chi connectivity index (χ2v) is 5.15. The van der Waals surface area contributed by atoms with Crippen molar-refractivity contribution in [1.82, 2.24) is 20.0 Å². The van der Waals surface area contributed by atoms with Crippen molar-refractivity contribution < 1.29 is 0 Å². The van der Waals surface area contributed by atoms with Crippen LogP contribution in [0.1, 0.15) is 32.2 Å². The minimum absolute atomic E-state index is 0.0303. The molecule has 0 saturated carbocycles. The van der Waals surface area contributed by atoms with Gasteiger partial charge in [-0.05, 0) is 19.1 Å². The van der Waals surface area contributed by atoms with E-state index in [9.17, 15) is 0 Å². The molecule has 0 spiro atoms. The fourth-order valence-electron chi connectivity index (χ4n) is 1.45. The Bertz CT molecular complexity index is 519. The van der Waals surface area contributed by atoms with Crippen LogP contribution in [-0.2, 0) is 5.41 Å². The van der Waals surface area contributed by atoms with Crippen molar-refractivity contribution in [3.05, 3.63) is 29.6 Å². The van der Waals surface area contributed by atoms with Crippen molar-refractivity contribution in [3.63, 3.8) is 0 Å². The Hall–Kier alpha value is -1.91. The number of hydrogen-bond donors (Lipinski definition) is 1. The van der Waals surface area contributed by atoms with Gasteiger partial charge in [0.05, 0.1) is 11.4 Å². The van der Waals surface area contributed by atoms with E-state index in [2.05, 4.69) is 36.1 Å². The second-order valence-electron chi connectivity index (χ2n) is 5.15. The van der Waals surface area contributed by atoms with Gasteiger partial charge in [0, 0.05) is 11.5 Å². The first-order valence-electron chi connectivity index (χ1n) is 5.54. The van der Waals surface area contributed by atoms with Crippen LogP contribution < -0.4 is 5.73 Å². The highest BCUT2D eigenvalue weighted by Crippen LogP contribution is 2.23. The van der Waals surface area contributed by atoms with Gasteiger partial charge in [-0.15, -0.1) is 5.10 Å². The standard InChI is InChI=1S/C12H17N5/c1-8-5-6-11(15-14-8)17-10(13)7-9(16-17)12(2,3)4/h5-7H,13H2,1-4H3. The molecule has 2 rings (SSSR count). The second kappa shape index (κ2) is 3.84. The molecule has 0 saturated heterocycles. The van der Waals surface area contributed by atoms with Crippen LogP contribution in [0.5, 0.6) is 0 Å². The highest BCUT2D eigenvalue weighted by atomic mass is 15.4. The first-order chi connectivity index (χ1) is 7.88. The molecule has 0 radical (unpaired) electrons. The van der Waals surface area contributed by atoms with E-state index in [1.807, 2.05) is 25.1 Å². The predicted octanol–water partition coefficient (Wildman–Crippen LogP) is 1.85. The third-order valence-corrected chi connectivity index (χ3v) is 2.51. The van der Waals surface area contributed by atoms with Gasteiger partial charge in [-0.3, -0.25) is 0 Å². The summed E-state index contributed by atoms with van der Waals surface area (Å²) in [5.41, 5.74) is 7.72. The SMILES string of the molecule is Cc1ccc(-n2nc(C(C)(C)C)cc2N)nn1. The molecular formula is C12H17N5. The van der Waals surface area contributed by atoms with Crippen LogP contribution in [0, 0.1) is 6.92 Å². The van der Waals surface area contributed by atoms with Gasteiger partial charge in [0.2, 0.25) is 0 Å². The fraction of sp³-hybridized carbons (Fsp3) is 0.417. The lowest BCUT2D eigenvalue weighted by atomic mass is 9.92. The predicted molar refractivity (Wildman–Crippen MR) is 67.0 cm³/mol. The first kappa shape index (κ1) is 11.6. The summed E-state index contributed by atoms with van der Waals surface area (Å²) in [5, 5.41) is 12.5. The third kappa shape index (κ3) is 2.27. The molecular weight excluding hydrogens is 214 g/mol. The maximum absolute atomic E-state index is 5.94. The van der Waals surface area contributed by atoms with Crippen LogP contribution in [0.3, 0.4) is 0 Å². The van der Waals surface area contributed by atoms with E-state index in [0.717, 1.165) is 11.4 Å². The molecule has 17 heavy (non-hydrogen) atoms. The van der Waals surface area contributed by atoms with Gasteiger partial charge in [-0.2, -0.15) is 14.9 Å². The third-order valence-electron chi connectivity index (χ3n) is 2.51. The summed E-state index contributed by atoms with van der Waals surface area (Å²) in [6.07, 6.45) is 0. The summed E-state index contributed by atoms with van der Waals surface area (Å²) in [7, 11) is 0. The molecule has 2 N–H and O–H groups in total. The Kier molecular flexibility index (Phi) is 2.61. The van der Waals surface area contributed by atoms with Crippen LogP contribution in [0.2, 0.25) is 0 Å². The molecule has 0 aromatic carbocycles. The van der Waals surface area contributed by atoms with Crippen molar-refractivity contribution in [2.24, 2.45) is 0 Å². The zero-order valence-electron chi connectivity index (χ0n) is 10.6. The number of aromatic nitrogens is 4. The number of anilines is 1. The van der Waals surface area contributed by atoms with Crippen molar-refractivity contribution in [2.45, 2.75) is 33.1 Å². The maximum atomic E-state index is 5.94. The quantitative estimate of drug-likeness (QED) is 0.813. The monoisotopic (exact) mass is 231 g/mol. The van der Waals surface area contributed by atoms with Crippen molar-refractivity contribution in [1.29, 1.82) is 0 Å². The van der Waals surface area contributed by atoms with Gasteiger partial charge in [0.25, 0.3) is 0 Å². The minimum atomic E-state index is -0.0303. The summed E-state index contributed by atoms with van der Waals surface area (Å²) in [6.45, 7) is 8.18. The van der Waals surface area contributed by atoms with E-state index in [0.29, 0.717) is 11.6 Å². The van der Waals surface area contributed by atoms with E-state index < -0.39 is 0 Å². The molecule has 0 fully saturated rings. The number of aryl methyl sites for hydroxylation is 1. The van der Waals surface area contributed by atoms with Gasteiger partial charge >= 0.3 is 0 Å². The summed E-state index contributed by atoms with van der Waals surface area (Å²) in [5.74, 6) is 1.22. The van der Waals surface area contributed by atoms with Crippen LogP contribution in [0.4, 0.5) is 5.82 Å². The highest BCUT2D eigenvalue weighted by Gasteiger charge is 2.19. The molecule has 5 heteroatoms. The molecule has 0 atom stereocenters. The zero-order chi connectivity index (χ0) is 12.6. The lowest BCUT2D eigenvalue weighted by Gasteiger charge is -2.13. The molecule has 0 aliphatic rings. The molecule has 90 valence electrons. The molecule has 2 aromatic heterocycles. The number of nitrogens with zero attached hydrogens (tertiary/aromatic N) is 4. The van der Waals surface area contributed by atoms with Gasteiger partial charge in [0.15, 0.2) is 5.82 Å². The Morgan fingerprint density at radius 1 is 1.18 bits per heavy atom. The van der Waals surface area contributed by atoms with Crippen molar-refractivity contribution in [3.8, 4) is 5.82 Å². The molecule has 2 aromatic rings. The first-order valence-corrected chi connectivity index (χ1v) is 5.54. The summed E-state index contributed by atoms with van der Waals surface area (Å²) >= 11 is 0. The van der Waals surface area contributed by atoms with E-state index in [1.165, 1.54) is 0 Å². The van der Waals surface area contributed by atoms with Crippen LogP contribution >= 0.6 is 0 Å². The largest absolute Gasteiger partial charge is 0.384 e. The highest BCUT2D eigenvalue weighted by molar-refractivity contribution is 5.40. The van der Waals surface area contributed by atoms with Crippen molar-refractivity contribution >= 4 is 5.82 Å². The molecule has 0 unspecified atom stereocenters. The normalized spacial score (nSPS) is 11.8. The summed E-state index contributed by atoms with van der Waals surface area (Å²) in [6, 6.07) is 5.62. The fourth-order valence-corrected chi connectivity index (χ4v) is 1.45. The van der Waals surface area contributed by atoms with Gasteiger partial charge in [-0.1, -0.05) is 20.8 Å². The summed E-state index contributed by atoms with van der Waals surface area (Å²) in [4.78, 5) is 0. The lowest BCUT2D eigenvalue weighted by molar-refractivity contribution is 0.559. The molecule has 5 nitrogen and oxygen atoms in total. The average Bonchev–Trinajstić information content (AvgIpc) is 2.61. The van der Waals surface area contributed by atoms with E-state index >= 15 is 0 Å². The topological polar surface area (TPSA) is 69.6 Å². The lowest BCUT2D eigenvalue weighted by Crippen LogP contribution is -2.13. The maximum Gasteiger partial charge on any atom is 0.178 e. The van der Waals surface area contributed by atoms with Crippen LogP contribution in [0.25, 0.3) is 5.82 Å². The number of rotatable bonds is 1. The number of nitrogen functional groups attached to an aromatic ring is 1. The Balaban J connectivity index is 2.46. The number of hydrogen-bond acceptors (Lipinski definition) is 4. The Labute approximate surface area is 101 Å². The molecule has 0 aliphatic carbocycles. The van der Waals surface area contributed by atoms with E-state index in [4.69, 9.17) is 5.73 Å². The van der Waals surface area contributed by atoms with Crippen molar-refractivity contribution in [2.75, 3.05) is 5.73 Å². The van der Waals surface area contributed by atoms with E-state index in [-0.39, 0.29) is 5.41 Å². The van der Waals surface area contributed by atoms with Gasteiger partial charge in [0.1, 0.15) is 5.82 Å². The molecule has 2 heterocycles. The van der Waals surface area contributed by atoms with Gasteiger partial charge in [-0.25, -0.2) is 0 Å². The van der Waals surface area contributed by atoms with E-state index in [1.54, 1.807) is 4.68 Å².